The van der Waals surface area contributed by atoms with Crippen LogP contribution in [0.15, 0.2) is 48.5 Å². The average Bonchev–Trinajstić information content (AvgIpc) is 2.66. The lowest BCUT2D eigenvalue weighted by atomic mass is 10.1. The fourth-order valence-corrected chi connectivity index (χ4v) is 2.08. The van der Waals surface area contributed by atoms with Crippen LogP contribution in [0.3, 0.4) is 0 Å². The molecule has 18 heavy (non-hydrogen) atoms. The van der Waals surface area contributed by atoms with Crippen molar-refractivity contribution in [3.63, 3.8) is 0 Å². The number of carbonyl (C=O) groups is 2. The number of carbonyl (C=O) groups excluding carboxylic acids is 2. The lowest BCUT2D eigenvalue weighted by molar-refractivity contribution is 0.0642. The van der Waals surface area contributed by atoms with Crippen molar-refractivity contribution in [2.24, 2.45) is 0 Å². The molecule has 2 aromatic rings. The Balaban J connectivity index is 1.93. The minimum Gasteiger partial charge on any atom is -0.270 e. The van der Waals surface area contributed by atoms with E-state index < -0.39 is 0 Å². The highest BCUT2D eigenvalue weighted by atomic mass is 16.2. The molecule has 1 aliphatic rings. The molecule has 3 nitrogen and oxygen atoms in total. The number of hydrogen-bond donors (Lipinski definition) is 0. The molecule has 3 rings (SSSR count). The van der Waals surface area contributed by atoms with E-state index in [1.165, 1.54) is 4.90 Å². The predicted octanol–water partition coefficient (Wildman–Crippen LogP) is 2.28. The van der Waals surface area contributed by atoms with Crippen LogP contribution >= 0.6 is 0 Å². The predicted molar refractivity (Wildman–Crippen MR) is 65.9 cm³/mol. The minimum absolute atomic E-state index is 0.229. The Labute approximate surface area is 105 Å². The molecule has 0 bridgehead atoms. The summed E-state index contributed by atoms with van der Waals surface area (Å²) >= 11 is 0. The third kappa shape index (κ3) is 1.61. The van der Waals surface area contributed by atoms with Gasteiger partial charge in [0.2, 0.25) is 0 Å². The van der Waals surface area contributed by atoms with Gasteiger partial charge in [-0.15, -0.1) is 0 Å². The molecular formula is C15H10NO2. The van der Waals surface area contributed by atoms with Gasteiger partial charge in [-0.1, -0.05) is 36.4 Å². The van der Waals surface area contributed by atoms with Gasteiger partial charge in [-0.25, -0.2) is 0 Å². The summed E-state index contributed by atoms with van der Waals surface area (Å²) < 4.78 is 0. The first-order valence-corrected chi connectivity index (χ1v) is 5.68. The molecule has 0 unspecified atom stereocenters. The second-order valence-electron chi connectivity index (χ2n) is 4.13. The van der Waals surface area contributed by atoms with Crippen LogP contribution in [-0.2, 0) is 6.54 Å². The first-order chi connectivity index (χ1) is 8.77. The van der Waals surface area contributed by atoms with Crippen molar-refractivity contribution >= 4 is 11.8 Å². The zero-order chi connectivity index (χ0) is 12.5. The summed E-state index contributed by atoms with van der Waals surface area (Å²) in [6.45, 7) is 0.271. The quantitative estimate of drug-likeness (QED) is 0.750. The zero-order valence-electron chi connectivity index (χ0n) is 9.59. The maximum atomic E-state index is 12.1. The molecule has 0 N–H and O–H groups in total. The Morgan fingerprint density at radius 1 is 0.889 bits per heavy atom. The molecule has 1 radical (unpaired) electrons. The SMILES string of the molecule is O=C1c2ccccc2C(=O)N1Cc1[c]cccc1. The molecular weight excluding hydrogens is 226 g/mol. The van der Waals surface area contributed by atoms with Gasteiger partial charge in [0, 0.05) is 0 Å². The van der Waals surface area contributed by atoms with Crippen molar-refractivity contribution in [3.05, 3.63) is 71.3 Å². The molecule has 0 fully saturated rings. The largest absolute Gasteiger partial charge is 0.270 e. The molecule has 0 aliphatic carbocycles. The van der Waals surface area contributed by atoms with E-state index in [1.54, 1.807) is 30.3 Å². The highest BCUT2D eigenvalue weighted by molar-refractivity contribution is 6.21. The van der Waals surface area contributed by atoms with Gasteiger partial charge in [0.1, 0.15) is 0 Å². The third-order valence-electron chi connectivity index (χ3n) is 2.98. The molecule has 0 saturated heterocycles. The Morgan fingerprint density at radius 3 is 2.06 bits per heavy atom. The third-order valence-corrected chi connectivity index (χ3v) is 2.98. The van der Waals surface area contributed by atoms with Crippen LogP contribution in [0.4, 0.5) is 0 Å². The maximum Gasteiger partial charge on any atom is 0.261 e. The number of nitrogens with zero attached hydrogens (tertiary/aromatic N) is 1. The maximum absolute atomic E-state index is 12.1. The van der Waals surface area contributed by atoms with Gasteiger partial charge in [0.25, 0.3) is 11.8 Å². The Kier molecular flexibility index (Phi) is 2.45. The Bertz CT molecular complexity index is 584. The van der Waals surface area contributed by atoms with Gasteiger partial charge in [0.05, 0.1) is 17.7 Å². The van der Waals surface area contributed by atoms with Crippen LogP contribution in [0, 0.1) is 6.07 Å². The Morgan fingerprint density at radius 2 is 1.50 bits per heavy atom. The van der Waals surface area contributed by atoms with Gasteiger partial charge in [0.15, 0.2) is 0 Å². The highest BCUT2D eigenvalue weighted by Gasteiger charge is 2.34. The monoisotopic (exact) mass is 236 g/mol. The van der Waals surface area contributed by atoms with Crippen LogP contribution in [-0.4, -0.2) is 16.7 Å². The van der Waals surface area contributed by atoms with Crippen molar-refractivity contribution in [3.8, 4) is 0 Å². The second kappa shape index (κ2) is 4.11. The van der Waals surface area contributed by atoms with Crippen LogP contribution in [0.1, 0.15) is 26.3 Å². The normalized spacial score (nSPS) is 13.9. The molecule has 0 aromatic heterocycles. The van der Waals surface area contributed by atoms with E-state index in [0.717, 1.165) is 5.56 Å². The van der Waals surface area contributed by atoms with E-state index in [2.05, 4.69) is 6.07 Å². The molecule has 3 heteroatoms. The van der Waals surface area contributed by atoms with Crippen LogP contribution in [0.5, 0.6) is 0 Å². The van der Waals surface area contributed by atoms with Crippen molar-refractivity contribution < 1.29 is 9.59 Å². The van der Waals surface area contributed by atoms with Crippen molar-refractivity contribution in [1.29, 1.82) is 0 Å². The molecule has 2 aromatic carbocycles. The van der Waals surface area contributed by atoms with Gasteiger partial charge in [-0.3, -0.25) is 14.5 Å². The summed E-state index contributed by atoms with van der Waals surface area (Å²) in [7, 11) is 0. The standard InChI is InChI=1S/C15H10NO2/c17-14-12-8-4-5-9-13(12)15(18)16(14)10-11-6-2-1-3-7-11/h1-6,8-9H,10H2. The topological polar surface area (TPSA) is 37.4 Å². The molecule has 0 atom stereocenters. The summed E-state index contributed by atoms with van der Waals surface area (Å²) in [6, 6.07) is 17.3. The summed E-state index contributed by atoms with van der Waals surface area (Å²) in [6.07, 6.45) is 0. The van der Waals surface area contributed by atoms with E-state index in [1.807, 2.05) is 18.2 Å². The number of imide groups is 1. The minimum atomic E-state index is -0.229. The second-order valence-corrected chi connectivity index (χ2v) is 4.13. The lowest BCUT2D eigenvalue weighted by Crippen LogP contribution is -2.29. The van der Waals surface area contributed by atoms with Crippen LogP contribution in [0.25, 0.3) is 0 Å². The van der Waals surface area contributed by atoms with E-state index in [4.69, 9.17) is 0 Å². The number of benzene rings is 2. The lowest BCUT2D eigenvalue weighted by Gasteiger charge is -2.13. The Hall–Kier alpha value is -2.42. The molecule has 0 saturated carbocycles. The first kappa shape index (κ1) is 10.7. The number of fused-ring (bicyclic) bond motifs is 1. The fraction of sp³-hybridized carbons (Fsp3) is 0.0667. The fourth-order valence-electron chi connectivity index (χ4n) is 2.08. The molecule has 2 amide bonds. The van der Waals surface area contributed by atoms with Gasteiger partial charge >= 0.3 is 0 Å². The van der Waals surface area contributed by atoms with E-state index in [9.17, 15) is 9.59 Å². The number of rotatable bonds is 2. The number of amides is 2. The first-order valence-electron chi connectivity index (χ1n) is 5.68. The average molecular weight is 236 g/mol. The van der Waals surface area contributed by atoms with Crippen molar-refractivity contribution in [2.45, 2.75) is 6.54 Å². The van der Waals surface area contributed by atoms with Crippen LogP contribution < -0.4 is 0 Å². The molecule has 1 heterocycles. The smallest absolute Gasteiger partial charge is 0.261 e. The van der Waals surface area contributed by atoms with E-state index in [-0.39, 0.29) is 18.4 Å². The summed E-state index contributed by atoms with van der Waals surface area (Å²) in [5.74, 6) is -0.458. The van der Waals surface area contributed by atoms with Crippen molar-refractivity contribution in [2.75, 3.05) is 0 Å². The summed E-state index contributed by atoms with van der Waals surface area (Å²) in [4.78, 5) is 25.5. The van der Waals surface area contributed by atoms with E-state index in [0.29, 0.717) is 11.1 Å². The summed E-state index contributed by atoms with van der Waals surface area (Å²) in [5, 5.41) is 0. The van der Waals surface area contributed by atoms with Gasteiger partial charge in [-0.2, -0.15) is 0 Å². The highest BCUT2D eigenvalue weighted by Crippen LogP contribution is 2.23. The van der Waals surface area contributed by atoms with Crippen LogP contribution in [0.2, 0.25) is 0 Å². The molecule has 87 valence electrons. The molecule has 0 spiro atoms. The summed E-state index contributed by atoms with van der Waals surface area (Å²) in [5.41, 5.74) is 1.80. The van der Waals surface area contributed by atoms with Gasteiger partial charge < -0.3 is 0 Å². The molecule has 1 aliphatic heterocycles. The number of hydrogen-bond acceptors (Lipinski definition) is 2. The van der Waals surface area contributed by atoms with Gasteiger partial charge in [-0.05, 0) is 23.8 Å². The zero-order valence-corrected chi connectivity index (χ0v) is 9.59. The van der Waals surface area contributed by atoms with E-state index >= 15 is 0 Å². The van der Waals surface area contributed by atoms with Crippen molar-refractivity contribution in [1.82, 2.24) is 4.90 Å².